The standard InChI is InChI=1S/C6H13O11P/c7-1-2(8)3(9)6(13,4(10)11)5(12)17-18(14,15)16/h2-3,5,7-9,12-13H,1H2,(H,10,11)(H2,14,15,16)/t2-,3?,5?,6+/m0/s1. The first-order chi connectivity index (χ1) is 7.96. The third kappa shape index (κ3) is 3.95. The number of aliphatic hydroxyl groups excluding tert-OH is 4. The Hall–Kier alpha value is -0.620. The minimum absolute atomic E-state index is 1.18. The van der Waals surface area contributed by atoms with E-state index in [0.717, 1.165) is 0 Å². The van der Waals surface area contributed by atoms with Crippen molar-refractivity contribution < 1.29 is 54.3 Å². The largest absolute Gasteiger partial charge is 0.479 e. The first kappa shape index (κ1) is 17.4. The van der Waals surface area contributed by atoms with Gasteiger partial charge in [-0.25, -0.2) is 9.36 Å². The highest BCUT2D eigenvalue weighted by Gasteiger charge is 2.55. The molecule has 0 aromatic carbocycles. The molecule has 0 fully saturated rings. The number of hydrogen-bond acceptors (Lipinski definition) is 8. The van der Waals surface area contributed by atoms with Gasteiger partial charge in [0.25, 0.3) is 0 Å². The second-order valence-electron chi connectivity index (χ2n) is 3.27. The molecule has 4 atom stereocenters. The summed E-state index contributed by atoms with van der Waals surface area (Å²) in [7, 11) is -5.36. The van der Waals surface area contributed by atoms with E-state index in [0.29, 0.717) is 0 Å². The Morgan fingerprint density at radius 2 is 1.72 bits per heavy atom. The molecular weight excluding hydrogens is 279 g/mol. The highest BCUT2D eigenvalue weighted by atomic mass is 31.2. The number of carboxylic acids is 1. The van der Waals surface area contributed by atoms with Gasteiger partial charge >= 0.3 is 13.8 Å². The van der Waals surface area contributed by atoms with E-state index in [9.17, 15) is 19.6 Å². The quantitative estimate of drug-likeness (QED) is 0.167. The number of carbonyl (C=O) groups is 1. The zero-order chi connectivity index (χ0) is 14.7. The van der Waals surface area contributed by atoms with Crippen molar-refractivity contribution in [2.24, 2.45) is 0 Å². The number of aliphatic hydroxyl groups is 5. The summed E-state index contributed by atoms with van der Waals surface area (Å²) < 4.78 is 13.9. The van der Waals surface area contributed by atoms with E-state index in [-0.39, 0.29) is 0 Å². The predicted molar refractivity (Wildman–Crippen MR) is 50.8 cm³/mol. The highest BCUT2D eigenvalue weighted by Crippen LogP contribution is 2.40. The monoisotopic (exact) mass is 292 g/mol. The molecule has 0 radical (unpaired) electrons. The molecule has 0 aromatic rings. The lowest BCUT2D eigenvalue weighted by molar-refractivity contribution is -0.242. The van der Waals surface area contributed by atoms with Gasteiger partial charge < -0.3 is 40.4 Å². The van der Waals surface area contributed by atoms with Crippen molar-refractivity contribution in [3.05, 3.63) is 0 Å². The van der Waals surface area contributed by atoms with Crippen molar-refractivity contribution in [3.8, 4) is 0 Å². The number of phosphoric acid groups is 1. The van der Waals surface area contributed by atoms with E-state index >= 15 is 0 Å². The smallest absolute Gasteiger partial charge is 0.472 e. The molecule has 8 N–H and O–H groups in total. The van der Waals surface area contributed by atoms with Gasteiger partial charge in [0.15, 0.2) is 0 Å². The molecule has 0 aliphatic heterocycles. The molecule has 0 spiro atoms. The van der Waals surface area contributed by atoms with E-state index in [4.69, 9.17) is 30.2 Å². The van der Waals surface area contributed by atoms with Crippen LogP contribution >= 0.6 is 7.82 Å². The summed E-state index contributed by atoms with van der Waals surface area (Å²) in [4.78, 5) is 27.4. The molecule has 0 aliphatic rings. The van der Waals surface area contributed by atoms with Crippen LogP contribution in [0.4, 0.5) is 0 Å². The first-order valence-electron chi connectivity index (χ1n) is 4.31. The van der Waals surface area contributed by atoms with Gasteiger partial charge in [0.2, 0.25) is 11.9 Å². The van der Waals surface area contributed by atoms with E-state index < -0.39 is 44.5 Å². The SMILES string of the molecule is O=C(O)[C@@](O)(C(O)OP(=O)(O)O)C(O)[C@@H](O)CO. The van der Waals surface area contributed by atoms with Crippen molar-refractivity contribution in [1.82, 2.24) is 0 Å². The Morgan fingerprint density at radius 1 is 1.28 bits per heavy atom. The molecule has 0 aromatic heterocycles. The van der Waals surface area contributed by atoms with Crippen LogP contribution < -0.4 is 0 Å². The maximum atomic E-state index is 10.7. The first-order valence-corrected chi connectivity index (χ1v) is 5.84. The van der Waals surface area contributed by atoms with Crippen LogP contribution in [0, 0.1) is 0 Å². The lowest BCUT2D eigenvalue weighted by Crippen LogP contribution is -2.62. The second-order valence-corrected chi connectivity index (χ2v) is 4.47. The van der Waals surface area contributed by atoms with E-state index in [1.807, 2.05) is 0 Å². The topological polar surface area (TPSA) is 205 Å². The van der Waals surface area contributed by atoms with Gasteiger partial charge in [0.1, 0.15) is 12.2 Å². The Morgan fingerprint density at radius 3 is 2.00 bits per heavy atom. The van der Waals surface area contributed by atoms with E-state index in [1.54, 1.807) is 0 Å². The molecule has 18 heavy (non-hydrogen) atoms. The van der Waals surface area contributed by atoms with Gasteiger partial charge in [-0.3, -0.25) is 4.52 Å². The number of hydrogen-bond donors (Lipinski definition) is 8. The number of carboxylic acid groups (broad SMARTS) is 1. The van der Waals surface area contributed by atoms with Crippen LogP contribution in [0.15, 0.2) is 0 Å². The van der Waals surface area contributed by atoms with Crippen LogP contribution in [-0.2, 0) is 13.9 Å². The van der Waals surface area contributed by atoms with E-state index in [1.165, 1.54) is 0 Å². The van der Waals surface area contributed by atoms with Crippen LogP contribution in [0.2, 0.25) is 0 Å². The number of rotatable bonds is 7. The summed E-state index contributed by atoms with van der Waals surface area (Å²) in [6, 6.07) is 0. The fraction of sp³-hybridized carbons (Fsp3) is 0.833. The Labute approximate surface area is 99.7 Å². The van der Waals surface area contributed by atoms with Gasteiger partial charge in [-0.05, 0) is 0 Å². The molecule has 0 saturated heterocycles. The maximum absolute atomic E-state index is 10.7. The van der Waals surface area contributed by atoms with Crippen molar-refractivity contribution in [1.29, 1.82) is 0 Å². The molecule has 0 amide bonds. The minimum Gasteiger partial charge on any atom is -0.479 e. The van der Waals surface area contributed by atoms with Gasteiger partial charge in [-0.2, -0.15) is 0 Å². The summed E-state index contributed by atoms with van der Waals surface area (Å²) in [6.45, 7) is -1.18. The normalized spacial score (nSPS) is 20.8. The molecule has 0 aliphatic carbocycles. The molecule has 0 bridgehead atoms. The Bertz CT molecular complexity index is 338. The summed E-state index contributed by atoms with van der Waals surface area (Å²) in [5.41, 5.74) is -3.65. The van der Waals surface area contributed by atoms with Gasteiger partial charge in [-0.15, -0.1) is 0 Å². The fourth-order valence-electron chi connectivity index (χ4n) is 0.982. The average Bonchev–Trinajstić information content (AvgIpc) is 2.22. The van der Waals surface area contributed by atoms with Crippen molar-refractivity contribution in [2.45, 2.75) is 24.1 Å². The van der Waals surface area contributed by atoms with Crippen LogP contribution in [0.1, 0.15) is 0 Å². The molecule has 2 unspecified atom stereocenters. The van der Waals surface area contributed by atoms with Crippen molar-refractivity contribution in [2.75, 3.05) is 6.61 Å². The number of phosphoric ester groups is 1. The number of aliphatic carboxylic acids is 1. The zero-order valence-electron chi connectivity index (χ0n) is 8.69. The molecule has 11 nitrogen and oxygen atoms in total. The second kappa shape index (κ2) is 6.02. The summed E-state index contributed by atoms with van der Waals surface area (Å²) in [5, 5.41) is 53.9. The van der Waals surface area contributed by atoms with Gasteiger partial charge in [0, 0.05) is 0 Å². The minimum atomic E-state index is -5.36. The molecular formula is C6H13O11P. The lowest BCUT2D eigenvalue weighted by Gasteiger charge is -2.34. The zero-order valence-corrected chi connectivity index (χ0v) is 9.58. The molecule has 0 heterocycles. The Balaban J connectivity index is 5.27. The molecule has 108 valence electrons. The highest BCUT2D eigenvalue weighted by molar-refractivity contribution is 7.46. The lowest BCUT2D eigenvalue weighted by atomic mass is 9.92. The summed E-state index contributed by atoms with van der Waals surface area (Å²) in [6.07, 6.45) is -7.91. The fourth-order valence-corrected chi connectivity index (χ4v) is 1.40. The van der Waals surface area contributed by atoms with E-state index in [2.05, 4.69) is 4.52 Å². The average molecular weight is 292 g/mol. The van der Waals surface area contributed by atoms with Crippen molar-refractivity contribution in [3.63, 3.8) is 0 Å². The van der Waals surface area contributed by atoms with Crippen LogP contribution in [0.3, 0.4) is 0 Å². The van der Waals surface area contributed by atoms with Crippen LogP contribution in [0.5, 0.6) is 0 Å². The van der Waals surface area contributed by atoms with Crippen LogP contribution in [-0.4, -0.2) is 77.1 Å². The summed E-state index contributed by atoms with van der Waals surface area (Å²) >= 11 is 0. The molecule has 0 saturated carbocycles. The molecule has 0 rings (SSSR count). The maximum Gasteiger partial charge on any atom is 0.472 e. The third-order valence-corrected chi connectivity index (χ3v) is 2.43. The van der Waals surface area contributed by atoms with Crippen molar-refractivity contribution >= 4 is 13.8 Å². The predicted octanol–water partition coefficient (Wildman–Crippen LogP) is -4.06. The molecule has 12 heteroatoms. The Kier molecular flexibility index (Phi) is 5.81. The van der Waals surface area contributed by atoms with Gasteiger partial charge in [-0.1, -0.05) is 0 Å². The third-order valence-electron chi connectivity index (χ3n) is 1.96. The van der Waals surface area contributed by atoms with Crippen LogP contribution in [0.25, 0.3) is 0 Å². The summed E-state index contributed by atoms with van der Waals surface area (Å²) in [5.74, 6) is -2.33. The van der Waals surface area contributed by atoms with Gasteiger partial charge in [0.05, 0.1) is 6.61 Å².